The van der Waals surface area contributed by atoms with Gasteiger partial charge < -0.3 is 8.06 Å². The Labute approximate surface area is 61.3 Å². The van der Waals surface area contributed by atoms with Crippen LogP contribution in [0.1, 0.15) is 2.85 Å². The van der Waals surface area contributed by atoms with Gasteiger partial charge in [-0.1, -0.05) is 0 Å². The Hall–Kier alpha value is 0.395. The third kappa shape index (κ3) is 325. The van der Waals surface area contributed by atoms with Gasteiger partial charge in [-0.2, -0.15) is 0 Å². The van der Waals surface area contributed by atoms with Crippen LogP contribution < -0.4 is 37.7 Å². The van der Waals surface area contributed by atoms with Gasteiger partial charge in [0.2, 0.25) is 0 Å². The molecule has 0 radical (unpaired) electrons. The first-order valence-corrected chi connectivity index (χ1v) is 0.565. The van der Waals surface area contributed by atoms with Gasteiger partial charge in [-0.3, -0.25) is 0 Å². The smallest absolute Gasteiger partial charge is 1.00 e. The Kier molecular flexibility index (Phi) is 24.3. The molecule has 0 atom stereocenters. The zero-order valence-corrected chi connectivity index (χ0v) is 3.71. The molecule has 0 heterocycles. The molecule has 0 amide bonds. The van der Waals surface area contributed by atoms with Crippen molar-refractivity contribution in [3.05, 3.63) is 10.1 Å². The van der Waals surface area contributed by atoms with Crippen molar-refractivity contribution in [1.82, 2.24) is 0 Å². The quantitative estimate of drug-likeness (QED) is 0.178. The van der Waals surface area contributed by atoms with Crippen LogP contribution >= 0.6 is 0 Å². The van der Waals surface area contributed by atoms with E-state index in [1.807, 2.05) is 0 Å². The maximum absolute atomic E-state index is 8.36. The summed E-state index contributed by atoms with van der Waals surface area (Å²) in [5.41, 5.74) is 0. The molecule has 0 aromatic carbocycles. The molecule has 0 aliphatic rings. The van der Waals surface area contributed by atoms with Crippen molar-refractivity contribution >= 4 is 0 Å². The molecule has 6 heavy (non-hydrogen) atoms. The van der Waals surface area contributed by atoms with Crippen molar-refractivity contribution in [2.45, 2.75) is 0 Å². The second-order valence-corrected chi connectivity index (χ2v) is 0.238. The molecule has 0 bridgehead atoms. The minimum Gasteiger partial charge on any atom is -1.00 e. The molecule has 0 spiro atoms. The monoisotopic (exact) mass is 79.0 g/mol. The average Bonchev–Trinajstić information content (AvgIpc) is 0.811. The largest absolute Gasteiger partial charge is 1.00 e. The minimum absolute atomic E-state index is 0. The van der Waals surface area contributed by atoms with Crippen LogP contribution in [-0.2, 0) is 0 Å². The molecule has 0 saturated carbocycles. The van der Waals surface area contributed by atoms with Crippen molar-refractivity contribution in [3.63, 3.8) is 0 Å². The van der Waals surface area contributed by atoms with Gasteiger partial charge in [0.25, 0.3) is 5.09 Å². The van der Waals surface area contributed by atoms with Crippen LogP contribution in [0.4, 0.5) is 0 Å². The van der Waals surface area contributed by atoms with Crippen LogP contribution in [-0.4, -0.2) is 10.3 Å². The van der Waals surface area contributed by atoms with Crippen molar-refractivity contribution in [2.24, 2.45) is 0 Å². The van der Waals surface area contributed by atoms with E-state index >= 15 is 0 Å². The van der Waals surface area contributed by atoms with Gasteiger partial charge in [-0.05, 0) is 0 Å². The van der Waals surface area contributed by atoms with Gasteiger partial charge in [-0.25, -0.2) is 0 Å². The summed E-state index contributed by atoms with van der Waals surface area (Å²) in [4.78, 5) is 8.36. The van der Waals surface area contributed by atoms with E-state index in [1.165, 1.54) is 0 Å². The normalized spacial score (nSPS) is 4.00. The molecule has 6 heteroatoms. The van der Waals surface area contributed by atoms with E-state index in [0.29, 0.717) is 0 Å². The predicted octanol–water partition coefficient (Wildman–Crippen LogP) is -6.11. The zero-order chi connectivity index (χ0) is 3.58. The number of nitrogens with zero attached hydrogens (tertiary/aromatic N) is 1. The van der Waals surface area contributed by atoms with E-state index in [9.17, 15) is 0 Å². The first kappa shape index (κ1) is 16.1. The molecule has 0 rings (SSSR count). The topological polar surface area (TPSA) is 63.4 Å². The number of rotatable bonds is 0. The third-order valence-corrected chi connectivity index (χ3v) is 0. The fourth-order valence-electron chi connectivity index (χ4n) is 0. The molecule has 0 fully saturated rings. The van der Waals surface area contributed by atoms with Crippen molar-refractivity contribution < 1.29 is 50.9 Å². The summed E-state index contributed by atoms with van der Waals surface area (Å²) in [5, 5.41) is 13.6. The second-order valence-electron chi connectivity index (χ2n) is 0.238. The first-order chi connectivity index (χ1) is 1.73. The summed E-state index contributed by atoms with van der Waals surface area (Å²) >= 11 is 0. The SMILES string of the molecule is O=[N+]([O-])O.[H-].[H-].[Li+].[Li+]. The molecule has 28 valence electrons. The number of hydrogen-bond acceptors (Lipinski definition) is 2. The van der Waals surface area contributed by atoms with Crippen molar-refractivity contribution in [1.29, 1.82) is 0 Å². The van der Waals surface area contributed by atoms with Gasteiger partial charge in [0.1, 0.15) is 0 Å². The van der Waals surface area contributed by atoms with E-state index in [2.05, 4.69) is 0 Å². The van der Waals surface area contributed by atoms with Crippen LogP contribution in [0.15, 0.2) is 0 Å². The summed E-state index contributed by atoms with van der Waals surface area (Å²) in [6.45, 7) is 0. The molecule has 4 nitrogen and oxygen atoms in total. The Morgan fingerprint density at radius 1 is 1.67 bits per heavy atom. The van der Waals surface area contributed by atoms with Gasteiger partial charge >= 0.3 is 37.7 Å². The zero-order valence-electron chi connectivity index (χ0n) is 5.71. The van der Waals surface area contributed by atoms with E-state index < -0.39 is 5.09 Å². The van der Waals surface area contributed by atoms with Crippen LogP contribution in [0.3, 0.4) is 0 Å². The van der Waals surface area contributed by atoms with Gasteiger partial charge in [-0.15, -0.1) is 10.1 Å². The average molecular weight is 78.9 g/mol. The van der Waals surface area contributed by atoms with E-state index in [1.54, 1.807) is 0 Å². The van der Waals surface area contributed by atoms with Crippen LogP contribution in [0.5, 0.6) is 0 Å². The maximum Gasteiger partial charge on any atom is 1.00 e. The molecule has 0 aromatic rings. The molecule has 0 aliphatic heterocycles. The Bertz CT molecular complexity index is 38.3. The predicted molar refractivity (Wildman–Crippen MR) is 11.0 cm³/mol. The van der Waals surface area contributed by atoms with Crippen LogP contribution in [0.25, 0.3) is 0 Å². The van der Waals surface area contributed by atoms with Crippen LogP contribution in [0.2, 0.25) is 0 Å². The molecule has 0 aliphatic carbocycles. The van der Waals surface area contributed by atoms with Gasteiger partial charge in [0, 0.05) is 0 Å². The van der Waals surface area contributed by atoms with E-state index in [-0.39, 0.29) is 40.6 Å². The summed E-state index contributed by atoms with van der Waals surface area (Å²) < 4.78 is 0. The molecule has 0 saturated heterocycles. The fourth-order valence-corrected chi connectivity index (χ4v) is 0. The Balaban J connectivity index is -0.00000000750. The Morgan fingerprint density at radius 2 is 1.67 bits per heavy atom. The van der Waals surface area contributed by atoms with E-state index in [4.69, 9.17) is 15.3 Å². The first-order valence-electron chi connectivity index (χ1n) is 0.565. The fraction of sp³-hybridized carbons (Fsp3) is 0. The maximum atomic E-state index is 8.36. The molecule has 1 N–H and O–H groups in total. The van der Waals surface area contributed by atoms with Crippen molar-refractivity contribution in [2.75, 3.05) is 0 Å². The third-order valence-electron chi connectivity index (χ3n) is 0. The summed E-state index contributed by atoms with van der Waals surface area (Å²) in [6, 6.07) is 0. The van der Waals surface area contributed by atoms with Gasteiger partial charge in [0.05, 0.1) is 0 Å². The molecule has 0 aromatic heterocycles. The molecule has 0 unspecified atom stereocenters. The van der Waals surface area contributed by atoms with Crippen molar-refractivity contribution in [3.8, 4) is 0 Å². The summed E-state index contributed by atoms with van der Waals surface area (Å²) in [7, 11) is 0. The minimum atomic E-state index is -1.50. The van der Waals surface area contributed by atoms with Crippen LogP contribution in [0, 0.1) is 10.1 Å². The van der Waals surface area contributed by atoms with Gasteiger partial charge in [0.15, 0.2) is 0 Å². The number of hydrogen-bond donors (Lipinski definition) is 1. The second kappa shape index (κ2) is 9.04. The van der Waals surface area contributed by atoms with E-state index in [0.717, 1.165) is 0 Å². The standard InChI is InChI=1S/2Li.HNO3.2H/c;;2-1(3)4;;/h;;(H,2,3,4);;/q2*+1;;2*-1. The summed E-state index contributed by atoms with van der Waals surface area (Å²) in [5.74, 6) is 0. The molecular weight excluding hydrogens is 75.9 g/mol. The summed E-state index contributed by atoms with van der Waals surface area (Å²) in [6.07, 6.45) is 0. The molecular formula is H3Li2NO3. The Morgan fingerprint density at radius 3 is 1.67 bits per heavy atom.